The lowest BCUT2D eigenvalue weighted by Gasteiger charge is -2.09. The Morgan fingerprint density at radius 1 is 1.20 bits per heavy atom. The molecule has 0 amide bonds. The lowest BCUT2D eigenvalue weighted by Crippen LogP contribution is -1.94. The number of imidazole rings is 1. The van der Waals surface area contributed by atoms with Crippen LogP contribution in [0.5, 0.6) is 11.5 Å². The van der Waals surface area contributed by atoms with Crippen molar-refractivity contribution in [3.8, 4) is 22.9 Å². The molecule has 0 aliphatic carbocycles. The molecule has 0 fully saturated rings. The standard InChI is InChI=1S/C14H12BrN3O2/c1-19-9-3-4-10(12(7-9)20-2)14-17-13(15)11-8-16-5-6-18(11)14/h3-8H,1-2H3. The van der Waals surface area contributed by atoms with Gasteiger partial charge in [-0.1, -0.05) is 0 Å². The van der Waals surface area contributed by atoms with E-state index in [-0.39, 0.29) is 0 Å². The summed E-state index contributed by atoms with van der Waals surface area (Å²) in [4.78, 5) is 8.65. The first-order valence-corrected chi connectivity index (χ1v) is 6.74. The molecule has 3 rings (SSSR count). The molecule has 20 heavy (non-hydrogen) atoms. The van der Waals surface area contributed by atoms with Crippen LogP contribution in [-0.4, -0.2) is 28.6 Å². The fraction of sp³-hybridized carbons (Fsp3) is 0.143. The summed E-state index contributed by atoms with van der Waals surface area (Å²) in [6.45, 7) is 0. The molecule has 6 heteroatoms. The highest BCUT2D eigenvalue weighted by Crippen LogP contribution is 2.34. The molecule has 2 heterocycles. The molecule has 0 atom stereocenters. The van der Waals surface area contributed by atoms with Crippen LogP contribution in [0.25, 0.3) is 16.9 Å². The predicted octanol–water partition coefficient (Wildman–Crippen LogP) is 3.18. The summed E-state index contributed by atoms with van der Waals surface area (Å²) in [6.07, 6.45) is 5.35. The van der Waals surface area contributed by atoms with Gasteiger partial charge in [0.25, 0.3) is 0 Å². The summed E-state index contributed by atoms with van der Waals surface area (Å²) in [7, 11) is 3.26. The summed E-state index contributed by atoms with van der Waals surface area (Å²) in [6, 6.07) is 5.65. The van der Waals surface area contributed by atoms with Crippen LogP contribution in [0.3, 0.4) is 0 Å². The molecule has 0 spiro atoms. The molecule has 102 valence electrons. The van der Waals surface area contributed by atoms with Crippen molar-refractivity contribution < 1.29 is 9.47 Å². The normalized spacial score (nSPS) is 10.8. The molecule has 0 saturated carbocycles. The Kier molecular flexibility index (Phi) is 3.31. The quantitative estimate of drug-likeness (QED) is 0.738. The maximum atomic E-state index is 5.44. The molecule has 0 aliphatic heterocycles. The summed E-state index contributed by atoms with van der Waals surface area (Å²) in [5.41, 5.74) is 1.79. The maximum absolute atomic E-state index is 5.44. The van der Waals surface area contributed by atoms with Gasteiger partial charge in [-0.05, 0) is 28.1 Å². The van der Waals surface area contributed by atoms with Gasteiger partial charge < -0.3 is 9.47 Å². The van der Waals surface area contributed by atoms with Crippen LogP contribution in [0.15, 0.2) is 41.4 Å². The van der Waals surface area contributed by atoms with Crippen LogP contribution < -0.4 is 9.47 Å². The minimum atomic E-state index is 0.709. The molecule has 2 aromatic heterocycles. The molecular weight excluding hydrogens is 322 g/mol. The Balaban J connectivity index is 2.25. The second-order valence-electron chi connectivity index (χ2n) is 4.12. The van der Waals surface area contributed by atoms with Gasteiger partial charge in [0.1, 0.15) is 21.9 Å². The fourth-order valence-corrected chi connectivity index (χ4v) is 2.54. The van der Waals surface area contributed by atoms with Crippen molar-refractivity contribution in [3.63, 3.8) is 0 Å². The average molecular weight is 334 g/mol. The molecule has 0 saturated heterocycles. The Morgan fingerprint density at radius 3 is 2.80 bits per heavy atom. The van der Waals surface area contributed by atoms with Gasteiger partial charge in [0.05, 0.1) is 31.5 Å². The van der Waals surface area contributed by atoms with Crippen molar-refractivity contribution in [2.45, 2.75) is 0 Å². The monoisotopic (exact) mass is 333 g/mol. The number of ether oxygens (including phenoxy) is 2. The first kappa shape index (κ1) is 12.9. The molecule has 0 N–H and O–H groups in total. The molecular formula is C14H12BrN3O2. The number of hydrogen-bond donors (Lipinski definition) is 0. The van der Waals surface area contributed by atoms with Crippen LogP contribution in [0, 0.1) is 0 Å². The van der Waals surface area contributed by atoms with Gasteiger partial charge in [-0.25, -0.2) is 4.98 Å². The Labute approximate surface area is 124 Å². The van der Waals surface area contributed by atoms with Crippen molar-refractivity contribution in [1.29, 1.82) is 0 Å². The summed E-state index contributed by atoms with van der Waals surface area (Å²) >= 11 is 3.45. The van der Waals surface area contributed by atoms with E-state index in [1.807, 2.05) is 28.8 Å². The number of halogens is 1. The van der Waals surface area contributed by atoms with Gasteiger partial charge in [0.15, 0.2) is 0 Å². The number of aromatic nitrogens is 3. The van der Waals surface area contributed by atoms with Gasteiger partial charge in [-0.15, -0.1) is 0 Å². The number of hydrogen-bond acceptors (Lipinski definition) is 4. The first-order valence-electron chi connectivity index (χ1n) is 5.94. The number of benzene rings is 1. The SMILES string of the molecule is COc1ccc(-c2nc(Br)c3cnccn23)c(OC)c1. The van der Waals surface area contributed by atoms with Crippen molar-refractivity contribution in [3.05, 3.63) is 41.4 Å². The van der Waals surface area contributed by atoms with Gasteiger partial charge in [0, 0.05) is 18.5 Å². The van der Waals surface area contributed by atoms with Crippen molar-refractivity contribution in [1.82, 2.24) is 14.4 Å². The van der Waals surface area contributed by atoms with Crippen molar-refractivity contribution >= 4 is 21.4 Å². The summed E-state index contributed by atoms with van der Waals surface area (Å²) in [5, 5.41) is 0. The average Bonchev–Trinajstić information content (AvgIpc) is 2.84. The zero-order valence-electron chi connectivity index (χ0n) is 11.0. The van der Waals surface area contributed by atoms with Gasteiger partial charge in [0.2, 0.25) is 0 Å². The smallest absolute Gasteiger partial charge is 0.149 e. The van der Waals surface area contributed by atoms with E-state index < -0.39 is 0 Å². The second kappa shape index (κ2) is 5.13. The summed E-state index contributed by atoms with van der Waals surface area (Å²) in [5.74, 6) is 2.24. The first-order chi connectivity index (χ1) is 9.74. The highest BCUT2D eigenvalue weighted by Gasteiger charge is 2.15. The third-order valence-electron chi connectivity index (χ3n) is 3.05. The molecule has 1 aromatic carbocycles. The predicted molar refractivity (Wildman–Crippen MR) is 79.2 cm³/mol. The van der Waals surface area contributed by atoms with Crippen molar-refractivity contribution in [2.75, 3.05) is 14.2 Å². The van der Waals surface area contributed by atoms with E-state index in [0.717, 1.165) is 27.3 Å². The topological polar surface area (TPSA) is 48.7 Å². The molecule has 0 bridgehead atoms. The lowest BCUT2D eigenvalue weighted by molar-refractivity contribution is 0.395. The van der Waals surface area contributed by atoms with Crippen LogP contribution in [0.1, 0.15) is 0 Å². The van der Waals surface area contributed by atoms with Gasteiger partial charge >= 0.3 is 0 Å². The molecule has 3 aromatic rings. The van der Waals surface area contributed by atoms with Gasteiger partial charge in [-0.3, -0.25) is 9.38 Å². The number of rotatable bonds is 3. The minimum Gasteiger partial charge on any atom is -0.497 e. The highest BCUT2D eigenvalue weighted by atomic mass is 79.9. The molecule has 0 radical (unpaired) electrons. The van der Waals surface area contributed by atoms with E-state index in [2.05, 4.69) is 25.9 Å². The molecule has 0 unspecified atom stereocenters. The van der Waals surface area contributed by atoms with E-state index in [0.29, 0.717) is 5.75 Å². The minimum absolute atomic E-state index is 0.709. The van der Waals surface area contributed by atoms with Crippen LogP contribution in [-0.2, 0) is 0 Å². The van der Waals surface area contributed by atoms with E-state index in [4.69, 9.17) is 9.47 Å². The van der Waals surface area contributed by atoms with E-state index >= 15 is 0 Å². The molecule has 5 nitrogen and oxygen atoms in total. The van der Waals surface area contributed by atoms with E-state index in [9.17, 15) is 0 Å². The third-order valence-corrected chi connectivity index (χ3v) is 3.63. The van der Waals surface area contributed by atoms with Crippen LogP contribution in [0.4, 0.5) is 0 Å². The Bertz CT molecular complexity index is 770. The second-order valence-corrected chi connectivity index (χ2v) is 4.88. The molecule has 0 aliphatic rings. The highest BCUT2D eigenvalue weighted by molar-refractivity contribution is 9.10. The van der Waals surface area contributed by atoms with E-state index in [1.54, 1.807) is 26.6 Å². The third kappa shape index (κ3) is 2.02. The van der Waals surface area contributed by atoms with Crippen LogP contribution >= 0.6 is 15.9 Å². The van der Waals surface area contributed by atoms with Gasteiger partial charge in [-0.2, -0.15) is 0 Å². The largest absolute Gasteiger partial charge is 0.497 e. The Morgan fingerprint density at radius 2 is 2.05 bits per heavy atom. The maximum Gasteiger partial charge on any atom is 0.149 e. The number of methoxy groups -OCH3 is 2. The van der Waals surface area contributed by atoms with Crippen LogP contribution in [0.2, 0.25) is 0 Å². The van der Waals surface area contributed by atoms with Crippen molar-refractivity contribution in [2.24, 2.45) is 0 Å². The fourth-order valence-electron chi connectivity index (χ4n) is 2.08. The zero-order valence-corrected chi connectivity index (χ0v) is 12.6. The Hall–Kier alpha value is -2.08. The number of nitrogens with zero attached hydrogens (tertiary/aromatic N) is 3. The summed E-state index contributed by atoms with van der Waals surface area (Å²) < 4.78 is 13.4. The zero-order chi connectivity index (χ0) is 14.1. The van der Waals surface area contributed by atoms with E-state index in [1.165, 1.54) is 0 Å². The lowest BCUT2D eigenvalue weighted by atomic mass is 10.2. The number of fused-ring (bicyclic) bond motifs is 1.